The minimum atomic E-state index is -0.379. The molecule has 1 aliphatic heterocycles. The first-order valence-corrected chi connectivity index (χ1v) is 5.74. The lowest BCUT2D eigenvalue weighted by Gasteiger charge is -2.04. The normalized spacial score (nSPS) is 12.9. The van der Waals surface area contributed by atoms with Gasteiger partial charge in [-0.1, -0.05) is 13.5 Å². The molecule has 0 saturated carbocycles. The molecule has 4 heteroatoms. The van der Waals surface area contributed by atoms with Gasteiger partial charge in [0.15, 0.2) is 11.5 Å². The van der Waals surface area contributed by atoms with Crippen molar-refractivity contribution < 1.29 is 13.9 Å². The molecule has 0 spiro atoms. The average Bonchev–Trinajstić information content (AvgIpc) is 2.82. The molecule has 0 fully saturated rings. The first kappa shape index (κ1) is 10.9. The third kappa shape index (κ3) is 1.57. The molecule has 0 radical (unpaired) electrons. The molecule has 0 aliphatic carbocycles. The molecule has 0 saturated heterocycles. The molecule has 1 aliphatic rings. The van der Waals surface area contributed by atoms with Crippen molar-refractivity contribution in [2.24, 2.45) is 0 Å². The van der Waals surface area contributed by atoms with E-state index in [2.05, 4.69) is 6.58 Å². The molecule has 3 rings (SSSR count). The topological polar surface area (TPSA) is 48.7 Å². The minimum Gasteiger partial charge on any atom is -0.454 e. The third-order valence-electron chi connectivity index (χ3n) is 3.03. The highest BCUT2D eigenvalue weighted by molar-refractivity contribution is 5.86. The van der Waals surface area contributed by atoms with Gasteiger partial charge in [0, 0.05) is 0 Å². The Bertz CT molecular complexity index is 697. The molecule has 0 atom stereocenters. The largest absolute Gasteiger partial charge is 0.454 e. The van der Waals surface area contributed by atoms with E-state index in [1.165, 1.54) is 0 Å². The van der Waals surface area contributed by atoms with Crippen LogP contribution in [0.25, 0.3) is 16.3 Å². The SMILES string of the molecule is C=C(CC)c1cc2cc3c(cc2c(=O)o1)OCO3. The summed E-state index contributed by atoms with van der Waals surface area (Å²) in [5, 5.41) is 1.27. The fraction of sp³-hybridized carbons (Fsp3) is 0.214. The van der Waals surface area contributed by atoms with Gasteiger partial charge in [0.1, 0.15) is 5.76 Å². The van der Waals surface area contributed by atoms with E-state index in [-0.39, 0.29) is 12.4 Å². The zero-order valence-electron chi connectivity index (χ0n) is 9.99. The standard InChI is InChI=1S/C14H12O4/c1-3-8(2)11-4-9-5-12-13(17-7-16-12)6-10(9)14(15)18-11/h4-6H,2-3,7H2,1H3. The summed E-state index contributed by atoms with van der Waals surface area (Å²) in [4.78, 5) is 11.9. The van der Waals surface area contributed by atoms with Crippen LogP contribution in [0.1, 0.15) is 19.1 Å². The first-order valence-electron chi connectivity index (χ1n) is 5.74. The lowest BCUT2D eigenvalue weighted by atomic mass is 10.1. The lowest BCUT2D eigenvalue weighted by Crippen LogP contribution is -2.01. The van der Waals surface area contributed by atoms with Crippen LogP contribution in [0.4, 0.5) is 0 Å². The van der Waals surface area contributed by atoms with Crippen molar-refractivity contribution in [2.75, 3.05) is 6.79 Å². The highest BCUT2D eigenvalue weighted by Gasteiger charge is 2.16. The van der Waals surface area contributed by atoms with Crippen LogP contribution in [0, 0.1) is 0 Å². The van der Waals surface area contributed by atoms with Crippen molar-refractivity contribution in [3.05, 3.63) is 41.0 Å². The van der Waals surface area contributed by atoms with Gasteiger partial charge in [-0.25, -0.2) is 4.79 Å². The molecule has 92 valence electrons. The Kier molecular flexibility index (Phi) is 2.37. The second kappa shape index (κ2) is 3.91. The Labute approximate surface area is 103 Å². The van der Waals surface area contributed by atoms with Gasteiger partial charge >= 0.3 is 5.63 Å². The third-order valence-corrected chi connectivity index (χ3v) is 3.03. The van der Waals surface area contributed by atoms with E-state index >= 15 is 0 Å². The zero-order chi connectivity index (χ0) is 12.7. The van der Waals surface area contributed by atoms with Crippen LogP contribution < -0.4 is 15.1 Å². The molecule has 1 aromatic heterocycles. The number of rotatable bonds is 2. The Balaban J connectivity index is 2.27. The maximum absolute atomic E-state index is 11.9. The van der Waals surface area contributed by atoms with E-state index in [0.717, 1.165) is 17.4 Å². The smallest absolute Gasteiger partial charge is 0.344 e. The number of fused-ring (bicyclic) bond motifs is 2. The van der Waals surface area contributed by atoms with Crippen LogP contribution in [0.3, 0.4) is 0 Å². The summed E-state index contributed by atoms with van der Waals surface area (Å²) >= 11 is 0. The fourth-order valence-electron chi connectivity index (χ4n) is 1.93. The molecule has 0 amide bonds. The maximum Gasteiger partial charge on any atom is 0.344 e. The molecule has 2 aromatic rings. The monoisotopic (exact) mass is 244 g/mol. The van der Waals surface area contributed by atoms with E-state index in [0.29, 0.717) is 22.6 Å². The van der Waals surface area contributed by atoms with Crippen molar-refractivity contribution in [2.45, 2.75) is 13.3 Å². The van der Waals surface area contributed by atoms with Crippen molar-refractivity contribution in [1.82, 2.24) is 0 Å². The molecule has 4 nitrogen and oxygen atoms in total. The van der Waals surface area contributed by atoms with Crippen LogP contribution in [-0.2, 0) is 0 Å². The van der Waals surface area contributed by atoms with Crippen molar-refractivity contribution >= 4 is 16.3 Å². The van der Waals surface area contributed by atoms with Gasteiger partial charge < -0.3 is 13.9 Å². The van der Waals surface area contributed by atoms with Crippen molar-refractivity contribution in [3.63, 3.8) is 0 Å². The van der Waals surface area contributed by atoms with Gasteiger partial charge in [-0.05, 0) is 35.6 Å². The van der Waals surface area contributed by atoms with Gasteiger partial charge in [0.2, 0.25) is 6.79 Å². The number of hydrogen-bond acceptors (Lipinski definition) is 4. The Morgan fingerprint density at radius 1 is 1.28 bits per heavy atom. The average molecular weight is 244 g/mol. The summed E-state index contributed by atoms with van der Waals surface area (Å²) in [7, 11) is 0. The zero-order valence-corrected chi connectivity index (χ0v) is 9.99. The summed E-state index contributed by atoms with van der Waals surface area (Å²) in [6.07, 6.45) is 0.735. The van der Waals surface area contributed by atoms with E-state index in [1.807, 2.05) is 13.0 Å². The van der Waals surface area contributed by atoms with Gasteiger partial charge in [0.25, 0.3) is 0 Å². The Morgan fingerprint density at radius 2 is 2.00 bits per heavy atom. The molecule has 0 unspecified atom stereocenters. The van der Waals surface area contributed by atoms with E-state index in [1.54, 1.807) is 12.1 Å². The number of ether oxygens (including phenoxy) is 2. The van der Waals surface area contributed by atoms with Crippen LogP contribution in [0.2, 0.25) is 0 Å². The van der Waals surface area contributed by atoms with Gasteiger partial charge in [-0.2, -0.15) is 0 Å². The summed E-state index contributed by atoms with van der Waals surface area (Å²) in [6.45, 7) is 6.03. The lowest BCUT2D eigenvalue weighted by molar-refractivity contribution is 0.174. The van der Waals surface area contributed by atoms with Gasteiger partial charge in [-0.15, -0.1) is 0 Å². The number of benzene rings is 1. The fourth-order valence-corrected chi connectivity index (χ4v) is 1.93. The van der Waals surface area contributed by atoms with Gasteiger partial charge in [0.05, 0.1) is 5.39 Å². The minimum absolute atomic E-state index is 0.186. The first-order chi connectivity index (χ1) is 8.69. The molecule has 0 bridgehead atoms. The second-order valence-corrected chi connectivity index (χ2v) is 4.15. The number of hydrogen-bond donors (Lipinski definition) is 0. The van der Waals surface area contributed by atoms with E-state index in [9.17, 15) is 4.79 Å². The summed E-state index contributed by atoms with van der Waals surface area (Å²) in [5.41, 5.74) is 0.419. The molecular weight excluding hydrogens is 232 g/mol. The molecule has 2 heterocycles. The van der Waals surface area contributed by atoms with Crippen LogP contribution in [-0.4, -0.2) is 6.79 Å². The summed E-state index contributed by atoms with van der Waals surface area (Å²) in [6, 6.07) is 5.26. The highest BCUT2D eigenvalue weighted by atomic mass is 16.7. The number of allylic oxidation sites excluding steroid dienone is 1. The Morgan fingerprint density at radius 3 is 2.72 bits per heavy atom. The van der Waals surface area contributed by atoms with E-state index < -0.39 is 0 Å². The molecule has 0 N–H and O–H groups in total. The van der Waals surface area contributed by atoms with Gasteiger partial charge in [-0.3, -0.25) is 0 Å². The second-order valence-electron chi connectivity index (χ2n) is 4.15. The predicted octanol–water partition coefficient (Wildman–Crippen LogP) is 2.94. The highest BCUT2D eigenvalue weighted by Crippen LogP contribution is 2.35. The van der Waals surface area contributed by atoms with E-state index in [4.69, 9.17) is 13.9 Å². The Hall–Kier alpha value is -2.23. The molecule has 18 heavy (non-hydrogen) atoms. The van der Waals surface area contributed by atoms with Crippen molar-refractivity contribution in [1.29, 1.82) is 0 Å². The van der Waals surface area contributed by atoms with Crippen LogP contribution >= 0.6 is 0 Å². The molecular formula is C14H12O4. The van der Waals surface area contributed by atoms with Crippen LogP contribution in [0.5, 0.6) is 11.5 Å². The van der Waals surface area contributed by atoms with Crippen LogP contribution in [0.15, 0.2) is 34.0 Å². The maximum atomic E-state index is 11.9. The predicted molar refractivity (Wildman–Crippen MR) is 67.9 cm³/mol. The quantitative estimate of drug-likeness (QED) is 0.814. The van der Waals surface area contributed by atoms with Crippen molar-refractivity contribution in [3.8, 4) is 11.5 Å². The summed E-state index contributed by atoms with van der Waals surface area (Å²) < 4.78 is 15.8. The summed E-state index contributed by atoms with van der Waals surface area (Å²) in [5.74, 6) is 1.76. The molecule has 1 aromatic carbocycles.